The minimum Gasteiger partial charge on any atom is -0.309 e. The Balaban J connectivity index is 0.000000120. The second kappa shape index (κ2) is 40.3. The molecule has 13 heteroatoms. The lowest BCUT2D eigenvalue weighted by molar-refractivity contribution is 0.591. The Morgan fingerprint density at radius 2 is 0.430 bits per heavy atom. The smallest absolute Gasteiger partial charge is 0.171 e. The number of pyridine rings is 3. The first-order valence-electron chi connectivity index (χ1n) is 42.2. The third-order valence-electron chi connectivity index (χ3n) is 22.4. The molecule has 4 aromatic heterocycles. The van der Waals surface area contributed by atoms with Gasteiger partial charge in [0.15, 0.2) is 34.4 Å². The number of rotatable bonds is 20. The third kappa shape index (κ3) is 18.4. The highest BCUT2D eigenvalue weighted by molar-refractivity contribution is 7.87. The van der Waals surface area contributed by atoms with Gasteiger partial charge in [-0.15, -0.1) is 0 Å². The van der Waals surface area contributed by atoms with E-state index in [0.29, 0.717) is 5.82 Å². The van der Waals surface area contributed by atoms with Gasteiger partial charge in [0.25, 0.3) is 0 Å². The van der Waals surface area contributed by atoms with Gasteiger partial charge in [-0.05, 0) is 57.1 Å². The number of aromatic nitrogens is 5. The third-order valence-corrected chi connectivity index (χ3v) is 34.9. The molecule has 0 bridgehead atoms. The Morgan fingerprint density at radius 3 is 0.797 bits per heavy atom. The number of benzene rings is 16. The Labute approximate surface area is 748 Å². The van der Waals surface area contributed by atoms with Crippen molar-refractivity contribution in [2.45, 2.75) is 0 Å². The minimum atomic E-state index is -3.13. The normalized spacial score (nSPS) is 11.2. The van der Waals surface area contributed by atoms with Gasteiger partial charge in [0.2, 0.25) is 0 Å². The van der Waals surface area contributed by atoms with Crippen molar-refractivity contribution in [1.29, 1.82) is 0 Å². The second-order valence-corrected chi connectivity index (χ2v) is 41.2. The first-order valence-corrected chi connectivity index (χ1v) is 49.0. The van der Waals surface area contributed by atoms with Crippen LogP contribution >= 0.6 is 28.6 Å². The van der Waals surface area contributed by atoms with E-state index in [1.54, 1.807) is 6.20 Å². The molecule has 0 fully saturated rings. The van der Waals surface area contributed by atoms with E-state index in [0.717, 1.165) is 147 Å². The lowest BCUT2D eigenvalue weighted by Gasteiger charge is -2.23. The van der Waals surface area contributed by atoms with E-state index in [2.05, 4.69) is 74.5 Å². The molecular weight excluding hydrogens is 1640 g/mol. The molecule has 0 amide bonds. The lowest BCUT2D eigenvalue weighted by atomic mass is 9.96. The predicted molar refractivity (Wildman–Crippen MR) is 536 cm³/mol. The molecule has 20 aromatic rings. The lowest BCUT2D eigenvalue weighted by Crippen LogP contribution is -2.26. The number of hydrogen-bond acceptors (Lipinski definition) is 9. The molecule has 16 aromatic carbocycles. The van der Waals surface area contributed by atoms with Crippen LogP contribution in [-0.2, 0) is 18.3 Å². The summed E-state index contributed by atoms with van der Waals surface area (Å²) < 4.78 is 59.7. The van der Waals surface area contributed by atoms with Crippen LogP contribution in [0.5, 0.6) is 0 Å². The van der Waals surface area contributed by atoms with Crippen LogP contribution in [0.2, 0.25) is 0 Å². The maximum Gasteiger partial charge on any atom is 0.171 e. The predicted octanol–water partition coefficient (Wildman–Crippen LogP) is 23.6. The molecule has 9 nitrogen and oxygen atoms in total. The highest BCUT2D eigenvalue weighted by Crippen LogP contribution is 2.50. The summed E-state index contributed by atoms with van der Waals surface area (Å²) in [5.74, 6) is 0.562. The molecule has 0 N–H and O–H groups in total. The summed E-state index contributed by atoms with van der Waals surface area (Å²) in [7, 11) is -12.4. The van der Waals surface area contributed by atoms with Crippen molar-refractivity contribution >= 4 is 92.2 Å². The zero-order valence-corrected chi connectivity index (χ0v) is 73.5. The Bertz CT molecular complexity index is 6860. The molecule has 0 aliphatic carbocycles. The molecule has 4 heterocycles. The summed E-state index contributed by atoms with van der Waals surface area (Å²) in [4.78, 5) is 23.0. The standard InChI is InChI=1S/3C29H22NOP.C28H21N2OP/c31-32(26-14-6-2-7-15-26,27-16-8-3-9-17-27)29-19-11-10-18-28(29)25-20-24(21-30-22-25)23-12-4-1-5-13-23;31-32(25-14-6-2-7-15-25,26-16-8-3-9-17-26)29-19-11-10-18-27(29)28-21-20-24(22-30-28)23-12-4-1-5-13-23;31-32(24-14-6-2-7-15-24,25-16-8-3-9-17-25)29-19-11-10-18-27(29)26-20-21-30-22-28(26)23-12-4-1-5-13-23;31-32(24-14-6-2-7-15-24,25-16-8-3-9-17-25)27-19-11-10-18-26(27)28-29-20-23(21-30-28)22-12-4-1-5-13-22/h3*1-22H;1-21H. The van der Waals surface area contributed by atoms with E-state index in [1.165, 1.54) is 0 Å². The molecule has 0 atom stereocenters. The van der Waals surface area contributed by atoms with Gasteiger partial charge in [0.05, 0.1) is 5.69 Å². The summed E-state index contributed by atoms with van der Waals surface area (Å²) in [5, 5.41) is 9.73. The van der Waals surface area contributed by atoms with Gasteiger partial charge >= 0.3 is 0 Å². The van der Waals surface area contributed by atoms with Crippen LogP contribution in [0.15, 0.2) is 529 Å². The molecule has 0 aliphatic heterocycles. The van der Waals surface area contributed by atoms with E-state index in [1.807, 2.05) is 468 Å². The van der Waals surface area contributed by atoms with Crippen molar-refractivity contribution in [3.05, 3.63) is 529 Å². The summed E-state index contributed by atoms with van der Waals surface area (Å²) in [6, 6.07) is 159. The van der Waals surface area contributed by atoms with Crippen LogP contribution in [0, 0.1) is 0 Å². The molecule has 0 aliphatic rings. The van der Waals surface area contributed by atoms with E-state index in [9.17, 15) is 13.7 Å². The van der Waals surface area contributed by atoms with Crippen molar-refractivity contribution < 1.29 is 18.3 Å². The van der Waals surface area contributed by atoms with Gasteiger partial charge in [-0.1, -0.05) is 467 Å². The fourth-order valence-corrected chi connectivity index (χ4v) is 27.6. The average Bonchev–Trinajstić information content (AvgIpc) is 0.760. The monoisotopic (exact) mass is 1730 g/mol. The van der Waals surface area contributed by atoms with E-state index in [4.69, 9.17) is 4.98 Å². The number of hydrogen-bond donors (Lipinski definition) is 0. The SMILES string of the molecule is O=P(c1ccccc1)(c1ccccc1)c1ccccc1-c1ccc(-c2ccccc2)cn1.O=P(c1ccccc1)(c1ccccc1)c1ccccc1-c1ccncc1-c1ccccc1.O=P(c1ccccc1)(c1ccccc1)c1ccccc1-c1cncc(-c2ccccc2)c1.O=P(c1ccccc1)(c1ccccc1)c1ccccc1-c1ncc(-c2ccccc2)cn1. The zero-order valence-electron chi connectivity index (χ0n) is 69.9. The average molecular weight is 1730 g/mol. The Morgan fingerprint density at radius 1 is 0.156 bits per heavy atom. The van der Waals surface area contributed by atoms with Gasteiger partial charge < -0.3 is 18.3 Å². The molecule has 128 heavy (non-hydrogen) atoms. The highest BCUT2D eigenvalue weighted by atomic mass is 31.2. The fourth-order valence-electron chi connectivity index (χ4n) is 16.1. The quantitative estimate of drug-likeness (QED) is 0.0684. The second-order valence-electron chi connectivity index (χ2n) is 30.3. The van der Waals surface area contributed by atoms with Crippen molar-refractivity contribution in [3.63, 3.8) is 0 Å². The van der Waals surface area contributed by atoms with Gasteiger partial charge in [0, 0.05) is 146 Å². The van der Waals surface area contributed by atoms with Crippen LogP contribution in [0.1, 0.15) is 0 Å². The van der Waals surface area contributed by atoms with Crippen molar-refractivity contribution in [1.82, 2.24) is 24.9 Å². The maximum absolute atomic E-state index is 15.0. The van der Waals surface area contributed by atoms with Crippen molar-refractivity contribution in [2.24, 2.45) is 0 Å². The fraction of sp³-hybridized carbons (Fsp3) is 0. The minimum absolute atomic E-state index is 0.562. The summed E-state index contributed by atoms with van der Waals surface area (Å²) in [5.41, 5.74) is 14.8. The Kier molecular flexibility index (Phi) is 26.8. The molecule has 0 saturated carbocycles. The van der Waals surface area contributed by atoms with Crippen molar-refractivity contribution in [2.75, 3.05) is 0 Å². The molecule has 0 spiro atoms. The van der Waals surface area contributed by atoms with Gasteiger partial charge in [0.1, 0.15) is 0 Å². The Hall–Kier alpha value is -15.0. The molecule has 616 valence electrons. The zero-order chi connectivity index (χ0) is 87.2. The first-order chi connectivity index (χ1) is 63.1. The van der Waals surface area contributed by atoms with Crippen molar-refractivity contribution in [3.8, 4) is 89.4 Å². The summed E-state index contributed by atoms with van der Waals surface area (Å²) in [6.45, 7) is 0. The molecule has 0 unspecified atom stereocenters. The van der Waals surface area contributed by atoms with Crippen LogP contribution in [0.25, 0.3) is 89.4 Å². The molecule has 0 radical (unpaired) electrons. The highest BCUT2D eigenvalue weighted by Gasteiger charge is 2.37. The van der Waals surface area contributed by atoms with Crippen LogP contribution in [0.3, 0.4) is 0 Å². The topological polar surface area (TPSA) is 133 Å². The van der Waals surface area contributed by atoms with E-state index in [-0.39, 0.29) is 0 Å². The largest absolute Gasteiger partial charge is 0.309 e. The van der Waals surface area contributed by atoms with Gasteiger partial charge in [-0.2, -0.15) is 0 Å². The van der Waals surface area contributed by atoms with Crippen LogP contribution in [0.4, 0.5) is 0 Å². The molecule has 20 rings (SSSR count). The molecule has 0 saturated heterocycles. The molecular formula is C115H87N5O4P4. The number of nitrogens with zero attached hydrogens (tertiary/aromatic N) is 5. The summed E-state index contributed by atoms with van der Waals surface area (Å²) in [6.07, 6.45) is 12.9. The maximum atomic E-state index is 15.0. The van der Waals surface area contributed by atoms with Gasteiger partial charge in [-0.3, -0.25) is 15.0 Å². The van der Waals surface area contributed by atoms with Gasteiger partial charge in [-0.25, -0.2) is 9.97 Å². The van der Waals surface area contributed by atoms with Crippen LogP contribution in [-0.4, -0.2) is 24.9 Å². The van der Waals surface area contributed by atoms with E-state index >= 15 is 4.57 Å². The van der Waals surface area contributed by atoms with E-state index < -0.39 is 28.6 Å². The summed E-state index contributed by atoms with van der Waals surface area (Å²) >= 11 is 0. The first kappa shape index (κ1) is 85.2. The van der Waals surface area contributed by atoms with Crippen LogP contribution < -0.4 is 63.7 Å².